The van der Waals surface area contributed by atoms with E-state index in [9.17, 15) is 0 Å². The lowest BCUT2D eigenvalue weighted by molar-refractivity contribution is 0.367. The molecular formula is C29H34N8O2. The number of nitrogen functional groups attached to an aromatic ring is 1. The topological polar surface area (TPSA) is 117 Å². The molecule has 39 heavy (non-hydrogen) atoms. The van der Waals surface area contributed by atoms with Gasteiger partial charge in [0.1, 0.15) is 17.5 Å². The van der Waals surface area contributed by atoms with Crippen LogP contribution in [0.15, 0.2) is 42.7 Å². The van der Waals surface area contributed by atoms with Crippen LogP contribution in [-0.4, -0.2) is 67.4 Å². The van der Waals surface area contributed by atoms with Crippen molar-refractivity contribution in [2.45, 2.75) is 19.4 Å². The minimum Gasteiger partial charge on any atom is -0.494 e. The van der Waals surface area contributed by atoms with Crippen molar-refractivity contribution in [2.75, 3.05) is 63.9 Å². The zero-order chi connectivity index (χ0) is 27.5. The number of aromatic nitrogens is 3. The Hall–Kier alpha value is -4.49. The van der Waals surface area contributed by atoms with Crippen molar-refractivity contribution in [1.29, 1.82) is 5.26 Å². The maximum atomic E-state index is 9.14. The first-order valence-electron chi connectivity index (χ1n) is 13.0. The molecule has 0 amide bonds. The Kier molecular flexibility index (Phi) is 7.43. The number of hydrogen-bond donors (Lipinski definition) is 2. The van der Waals surface area contributed by atoms with E-state index in [2.05, 4.69) is 49.1 Å². The summed E-state index contributed by atoms with van der Waals surface area (Å²) in [4.78, 5) is 13.6. The molecule has 0 bridgehead atoms. The molecule has 5 rings (SSSR count). The van der Waals surface area contributed by atoms with Gasteiger partial charge in [-0.1, -0.05) is 18.2 Å². The molecule has 10 heteroatoms. The molecule has 0 fully saturated rings. The number of benzene rings is 2. The van der Waals surface area contributed by atoms with E-state index in [1.807, 2.05) is 39.3 Å². The third-order valence-electron chi connectivity index (χ3n) is 7.02. The maximum Gasteiger partial charge on any atom is 0.228 e. The number of rotatable bonds is 10. The van der Waals surface area contributed by atoms with E-state index in [1.54, 1.807) is 13.3 Å². The molecule has 2 aromatic heterocycles. The lowest BCUT2D eigenvalue weighted by Gasteiger charge is -2.24. The third-order valence-corrected chi connectivity index (χ3v) is 7.02. The maximum absolute atomic E-state index is 9.14. The Bertz CT molecular complexity index is 1540. The minimum atomic E-state index is -0.0970. The summed E-state index contributed by atoms with van der Waals surface area (Å²) in [5.74, 6) is 1.45. The number of nitrogens with two attached hydrogens (primary N) is 1. The molecule has 0 atom stereocenters. The fourth-order valence-electron chi connectivity index (χ4n) is 5.06. The fourth-order valence-corrected chi connectivity index (χ4v) is 5.06. The molecule has 0 spiro atoms. The van der Waals surface area contributed by atoms with Gasteiger partial charge in [0.2, 0.25) is 5.95 Å². The predicted molar refractivity (Wildman–Crippen MR) is 155 cm³/mol. The van der Waals surface area contributed by atoms with Crippen LogP contribution in [-0.2, 0) is 13.0 Å². The summed E-state index contributed by atoms with van der Waals surface area (Å²) in [6.45, 7) is 2.57. The van der Waals surface area contributed by atoms with E-state index in [4.69, 9.17) is 25.5 Å². The largest absolute Gasteiger partial charge is 0.494 e. The quantitative estimate of drug-likeness (QED) is 0.292. The molecule has 0 saturated carbocycles. The van der Waals surface area contributed by atoms with Crippen LogP contribution in [0.25, 0.3) is 22.2 Å². The molecule has 1 aliphatic rings. The number of nitrogens with zero attached hydrogens (tertiary/aromatic N) is 6. The van der Waals surface area contributed by atoms with Gasteiger partial charge in [0.25, 0.3) is 0 Å². The number of methoxy groups -OCH3 is 1. The lowest BCUT2D eigenvalue weighted by Crippen LogP contribution is -2.29. The summed E-state index contributed by atoms with van der Waals surface area (Å²) in [6, 6.07) is 12.2. The first kappa shape index (κ1) is 26.1. The van der Waals surface area contributed by atoms with Crippen molar-refractivity contribution in [1.82, 2.24) is 19.4 Å². The van der Waals surface area contributed by atoms with E-state index in [0.29, 0.717) is 34.5 Å². The molecule has 0 saturated heterocycles. The molecule has 3 heterocycles. The van der Waals surface area contributed by atoms with Crippen molar-refractivity contribution in [2.24, 2.45) is 0 Å². The molecule has 1 aliphatic heterocycles. The van der Waals surface area contributed by atoms with Crippen LogP contribution in [0.1, 0.15) is 12.0 Å². The van der Waals surface area contributed by atoms with Gasteiger partial charge in [-0.05, 0) is 38.6 Å². The van der Waals surface area contributed by atoms with Crippen LogP contribution >= 0.6 is 0 Å². The van der Waals surface area contributed by atoms with Crippen molar-refractivity contribution >= 4 is 33.9 Å². The van der Waals surface area contributed by atoms with Crippen LogP contribution in [0, 0.1) is 11.3 Å². The van der Waals surface area contributed by atoms with Gasteiger partial charge in [-0.2, -0.15) is 5.26 Å². The first-order valence-corrected chi connectivity index (χ1v) is 13.0. The van der Waals surface area contributed by atoms with Crippen molar-refractivity contribution in [3.8, 4) is 28.8 Å². The molecular weight excluding hydrogens is 492 g/mol. The van der Waals surface area contributed by atoms with E-state index in [-0.39, 0.29) is 6.61 Å². The fraction of sp³-hybridized carbons (Fsp3) is 0.345. The number of para-hydroxylation sites is 1. The summed E-state index contributed by atoms with van der Waals surface area (Å²) >= 11 is 0. The van der Waals surface area contributed by atoms with Crippen molar-refractivity contribution in [3.05, 3.63) is 48.3 Å². The first-order chi connectivity index (χ1) is 18.9. The second-order valence-corrected chi connectivity index (χ2v) is 9.97. The van der Waals surface area contributed by atoms with Gasteiger partial charge in [-0.3, -0.25) is 0 Å². The molecule has 2 aromatic carbocycles. The summed E-state index contributed by atoms with van der Waals surface area (Å²) < 4.78 is 13.7. The van der Waals surface area contributed by atoms with Crippen LogP contribution < -0.4 is 25.4 Å². The molecule has 3 N–H and O–H groups in total. The number of anilines is 4. The van der Waals surface area contributed by atoms with Gasteiger partial charge in [0, 0.05) is 49.9 Å². The lowest BCUT2D eigenvalue weighted by atomic mass is 10.0. The summed E-state index contributed by atoms with van der Waals surface area (Å²) in [7, 11) is 7.72. The van der Waals surface area contributed by atoms with Gasteiger partial charge in [0.15, 0.2) is 12.4 Å². The Morgan fingerprint density at radius 1 is 1.18 bits per heavy atom. The number of hydrogen-bond acceptors (Lipinski definition) is 9. The number of aryl methyl sites for hydroxylation is 2. The zero-order valence-electron chi connectivity index (χ0n) is 22.9. The number of likely N-dealkylation sites (N-methyl/N-ethyl adjacent to an activating group) is 2. The zero-order valence-corrected chi connectivity index (χ0v) is 22.9. The van der Waals surface area contributed by atoms with Gasteiger partial charge in [-0.15, -0.1) is 0 Å². The van der Waals surface area contributed by atoms with Gasteiger partial charge < -0.3 is 34.9 Å². The van der Waals surface area contributed by atoms with E-state index >= 15 is 0 Å². The monoisotopic (exact) mass is 526 g/mol. The average Bonchev–Trinajstić information content (AvgIpc) is 3.31. The van der Waals surface area contributed by atoms with Crippen LogP contribution in [0.2, 0.25) is 0 Å². The Morgan fingerprint density at radius 3 is 2.79 bits per heavy atom. The third kappa shape index (κ3) is 5.26. The average molecular weight is 527 g/mol. The van der Waals surface area contributed by atoms with E-state index < -0.39 is 0 Å². The van der Waals surface area contributed by atoms with E-state index in [0.717, 1.165) is 49.1 Å². The normalized spacial score (nSPS) is 12.4. The Balaban J connectivity index is 1.53. The van der Waals surface area contributed by atoms with Crippen LogP contribution in [0.5, 0.6) is 11.5 Å². The molecule has 0 unspecified atom stereocenters. The SMILES string of the molecule is COc1cc(N(C)CCN(C)C)c(N)cc1Nc1ncc(OCC#N)c(-c2cn3c4c(cccc24)CCC3)n1. The molecule has 0 aliphatic carbocycles. The molecule has 4 aromatic rings. The summed E-state index contributed by atoms with van der Waals surface area (Å²) in [5, 5.41) is 13.5. The van der Waals surface area contributed by atoms with E-state index in [1.165, 1.54) is 11.1 Å². The summed E-state index contributed by atoms with van der Waals surface area (Å²) in [5.41, 5.74) is 12.7. The standard InChI is InChI=1S/C29H34N8O2/c1-35(2)12-13-36(3)24-16-25(38-4)23(15-22(24)31)33-29-32-17-26(39-14-10-30)27(34-29)21-18-37-11-6-8-19-7-5-9-20(21)28(19)37/h5,7,9,15-18H,6,8,11-14,31H2,1-4H3,(H,32,33,34). The summed E-state index contributed by atoms with van der Waals surface area (Å²) in [6.07, 6.45) is 5.87. The Labute approximate surface area is 228 Å². The second-order valence-electron chi connectivity index (χ2n) is 9.97. The van der Waals surface area contributed by atoms with Crippen LogP contribution in [0.4, 0.5) is 23.0 Å². The second kappa shape index (κ2) is 11.1. The van der Waals surface area contributed by atoms with Gasteiger partial charge in [0.05, 0.1) is 35.9 Å². The highest BCUT2D eigenvalue weighted by Crippen LogP contribution is 2.40. The van der Waals surface area contributed by atoms with Gasteiger partial charge in [-0.25, -0.2) is 9.97 Å². The highest BCUT2D eigenvalue weighted by atomic mass is 16.5. The molecule has 0 radical (unpaired) electrons. The van der Waals surface area contributed by atoms with Crippen LogP contribution in [0.3, 0.4) is 0 Å². The van der Waals surface area contributed by atoms with Crippen molar-refractivity contribution < 1.29 is 9.47 Å². The minimum absolute atomic E-state index is 0.0970. The Morgan fingerprint density at radius 2 is 2.03 bits per heavy atom. The van der Waals surface area contributed by atoms with Gasteiger partial charge >= 0.3 is 0 Å². The van der Waals surface area contributed by atoms with Crippen molar-refractivity contribution in [3.63, 3.8) is 0 Å². The predicted octanol–water partition coefficient (Wildman–Crippen LogP) is 4.28. The number of nitriles is 1. The smallest absolute Gasteiger partial charge is 0.228 e. The highest BCUT2D eigenvalue weighted by molar-refractivity contribution is 5.98. The molecule has 10 nitrogen and oxygen atoms in total. The highest BCUT2D eigenvalue weighted by Gasteiger charge is 2.21. The number of ether oxygens (including phenoxy) is 2. The molecule has 202 valence electrons. The number of nitrogens with one attached hydrogen (secondary N) is 1.